The lowest BCUT2D eigenvalue weighted by molar-refractivity contribution is -0.134. The molecule has 5 nitrogen and oxygen atoms in total. The number of benzene rings is 1. The maximum atomic E-state index is 12.8. The minimum atomic E-state index is -2.94. The van der Waals surface area contributed by atoms with Crippen molar-refractivity contribution in [3.63, 3.8) is 0 Å². The van der Waals surface area contributed by atoms with Gasteiger partial charge in [0.2, 0.25) is 5.91 Å². The Kier molecular flexibility index (Phi) is 5.00. The molecule has 3 heterocycles. The molecule has 0 radical (unpaired) electrons. The van der Waals surface area contributed by atoms with Crippen LogP contribution in [0.2, 0.25) is 0 Å². The van der Waals surface area contributed by atoms with Crippen LogP contribution in [0.4, 0.5) is 0 Å². The molecule has 1 atom stereocenters. The van der Waals surface area contributed by atoms with Crippen LogP contribution in [0.3, 0.4) is 0 Å². The van der Waals surface area contributed by atoms with Gasteiger partial charge in [0, 0.05) is 36.7 Å². The first-order valence-electron chi connectivity index (χ1n) is 9.52. The molecule has 4 rings (SSSR count). The molecule has 0 N–H and O–H groups in total. The number of hydrogen-bond acceptors (Lipinski definition) is 4. The minimum Gasteiger partial charge on any atom is -0.342 e. The molecule has 6 heteroatoms. The van der Waals surface area contributed by atoms with Crippen molar-refractivity contribution in [3.05, 3.63) is 54.2 Å². The van der Waals surface area contributed by atoms with Crippen molar-refractivity contribution < 1.29 is 13.2 Å². The van der Waals surface area contributed by atoms with Gasteiger partial charge in [-0.2, -0.15) is 0 Å². The van der Waals surface area contributed by atoms with Crippen LogP contribution >= 0.6 is 0 Å². The molecule has 2 fully saturated rings. The maximum absolute atomic E-state index is 12.8. The van der Waals surface area contributed by atoms with Gasteiger partial charge in [-0.25, -0.2) is 8.42 Å². The Hall–Kier alpha value is -2.21. The Morgan fingerprint density at radius 1 is 1.04 bits per heavy atom. The zero-order valence-corrected chi connectivity index (χ0v) is 16.1. The lowest BCUT2D eigenvalue weighted by atomic mass is 9.97. The molecular weight excluding hydrogens is 360 g/mol. The first kappa shape index (κ1) is 18.2. The van der Waals surface area contributed by atoms with Gasteiger partial charge in [-0.3, -0.25) is 9.78 Å². The summed E-state index contributed by atoms with van der Waals surface area (Å²) in [5, 5.41) is 0. The Bertz CT molecular complexity index is 913. The average molecular weight is 385 g/mol. The Morgan fingerprint density at radius 3 is 2.52 bits per heavy atom. The number of nitrogens with zero attached hydrogens (tertiary/aromatic N) is 2. The van der Waals surface area contributed by atoms with E-state index in [-0.39, 0.29) is 23.3 Å². The smallest absolute Gasteiger partial charge is 0.225 e. The molecule has 0 spiro atoms. The number of carbonyl (C=O) groups excluding carboxylic acids is 1. The second-order valence-corrected chi connectivity index (χ2v) is 9.84. The van der Waals surface area contributed by atoms with E-state index in [1.807, 2.05) is 47.5 Å². The highest BCUT2D eigenvalue weighted by molar-refractivity contribution is 7.91. The molecule has 2 saturated heterocycles. The standard InChI is InChI=1S/C21H24N2O3S/c24-21(17-8-12-27(25,26)13-9-17)23-11-7-19(15-23)18-6-10-22-20(14-18)16-4-2-1-3-5-16/h1-6,10,14,17,19H,7-9,11-13,15H2. The van der Waals surface area contributed by atoms with E-state index in [2.05, 4.69) is 11.1 Å². The van der Waals surface area contributed by atoms with Crippen molar-refractivity contribution in [2.75, 3.05) is 24.6 Å². The maximum Gasteiger partial charge on any atom is 0.225 e. The highest BCUT2D eigenvalue weighted by Crippen LogP contribution is 2.31. The predicted molar refractivity (Wildman–Crippen MR) is 105 cm³/mol. The molecule has 2 aliphatic rings. The van der Waals surface area contributed by atoms with Crippen LogP contribution < -0.4 is 0 Å². The third-order valence-electron chi connectivity index (χ3n) is 5.73. The third-order valence-corrected chi connectivity index (χ3v) is 7.44. The number of rotatable bonds is 3. The lowest BCUT2D eigenvalue weighted by Crippen LogP contribution is -2.38. The second-order valence-electron chi connectivity index (χ2n) is 7.54. The first-order chi connectivity index (χ1) is 13.0. The second kappa shape index (κ2) is 7.43. The number of pyridine rings is 1. The molecule has 0 saturated carbocycles. The summed E-state index contributed by atoms with van der Waals surface area (Å²) in [7, 11) is -2.94. The predicted octanol–water partition coefficient (Wildman–Crippen LogP) is 2.89. The summed E-state index contributed by atoms with van der Waals surface area (Å²) in [6, 6.07) is 14.3. The van der Waals surface area contributed by atoms with Crippen molar-refractivity contribution in [2.24, 2.45) is 5.92 Å². The largest absolute Gasteiger partial charge is 0.342 e. The van der Waals surface area contributed by atoms with E-state index < -0.39 is 9.84 Å². The molecule has 2 aliphatic heterocycles. The summed E-state index contributed by atoms with van der Waals surface area (Å²) in [5.74, 6) is 0.595. The summed E-state index contributed by atoms with van der Waals surface area (Å²) in [6.07, 6.45) is 3.72. The van der Waals surface area contributed by atoms with Crippen molar-refractivity contribution >= 4 is 15.7 Å². The molecule has 1 aromatic heterocycles. The lowest BCUT2D eigenvalue weighted by Gasteiger charge is -2.26. The van der Waals surface area contributed by atoms with Gasteiger partial charge in [-0.05, 0) is 37.0 Å². The Labute approximate surface area is 160 Å². The van der Waals surface area contributed by atoms with Crippen LogP contribution in [0, 0.1) is 5.92 Å². The Morgan fingerprint density at radius 2 is 1.78 bits per heavy atom. The summed E-state index contributed by atoms with van der Waals surface area (Å²) in [4.78, 5) is 19.2. The zero-order valence-electron chi connectivity index (χ0n) is 15.3. The normalized spacial score (nSPS) is 22.7. The van der Waals surface area contributed by atoms with E-state index in [1.54, 1.807) is 0 Å². The van der Waals surface area contributed by atoms with E-state index in [0.717, 1.165) is 24.2 Å². The number of aromatic nitrogens is 1. The molecule has 1 unspecified atom stereocenters. The number of carbonyl (C=O) groups is 1. The van der Waals surface area contributed by atoms with Gasteiger partial charge in [0.25, 0.3) is 0 Å². The van der Waals surface area contributed by atoms with Crippen molar-refractivity contribution in [1.29, 1.82) is 0 Å². The summed E-state index contributed by atoms with van der Waals surface area (Å²) >= 11 is 0. The fraction of sp³-hybridized carbons (Fsp3) is 0.429. The molecule has 2 aromatic rings. The fourth-order valence-corrected chi connectivity index (χ4v) is 5.59. The van der Waals surface area contributed by atoms with E-state index in [4.69, 9.17) is 0 Å². The topological polar surface area (TPSA) is 67.3 Å². The number of amides is 1. The zero-order chi connectivity index (χ0) is 18.9. The monoisotopic (exact) mass is 384 g/mol. The SMILES string of the molecule is O=C(C1CCS(=O)(=O)CC1)N1CCC(c2ccnc(-c3ccccc3)c2)C1. The molecule has 0 aliphatic carbocycles. The number of hydrogen-bond donors (Lipinski definition) is 0. The summed E-state index contributed by atoms with van der Waals surface area (Å²) in [5.41, 5.74) is 3.26. The molecular formula is C21H24N2O3S. The van der Waals surface area contributed by atoms with Crippen LogP contribution in [0.5, 0.6) is 0 Å². The number of likely N-dealkylation sites (tertiary alicyclic amines) is 1. The fourth-order valence-electron chi connectivity index (χ4n) is 4.10. The van der Waals surface area contributed by atoms with E-state index in [0.29, 0.717) is 25.3 Å². The van der Waals surface area contributed by atoms with Crippen LogP contribution in [-0.2, 0) is 14.6 Å². The van der Waals surface area contributed by atoms with Crippen LogP contribution in [0.1, 0.15) is 30.7 Å². The Balaban J connectivity index is 1.43. The molecule has 1 aromatic carbocycles. The van der Waals surface area contributed by atoms with E-state index in [1.165, 1.54) is 5.56 Å². The van der Waals surface area contributed by atoms with Gasteiger partial charge in [0.1, 0.15) is 9.84 Å². The van der Waals surface area contributed by atoms with Gasteiger partial charge < -0.3 is 4.90 Å². The van der Waals surface area contributed by atoms with Crippen LogP contribution in [0.15, 0.2) is 48.7 Å². The quantitative estimate of drug-likeness (QED) is 0.816. The van der Waals surface area contributed by atoms with Gasteiger partial charge in [-0.1, -0.05) is 30.3 Å². The highest BCUT2D eigenvalue weighted by Gasteiger charge is 2.34. The van der Waals surface area contributed by atoms with Crippen molar-refractivity contribution in [3.8, 4) is 11.3 Å². The minimum absolute atomic E-state index is 0.129. The highest BCUT2D eigenvalue weighted by atomic mass is 32.2. The van der Waals surface area contributed by atoms with Crippen molar-refractivity contribution in [1.82, 2.24) is 9.88 Å². The van der Waals surface area contributed by atoms with Crippen LogP contribution in [0.25, 0.3) is 11.3 Å². The van der Waals surface area contributed by atoms with E-state index >= 15 is 0 Å². The molecule has 27 heavy (non-hydrogen) atoms. The molecule has 1 amide bonds. The van der Waals surface area contributed by atoms with Crippen LogP contribution in [-0.4, -0.2) is 48.8 Å². The summed E-state index contributed by atoms with van der Waals surface area (Å²) in [6.45, 7) is 1.45. The molecule has 142 valence electrons. The third kappa shape index (κ3) is 4.05. The number of sulfone groups is 1. The van der Waals surface area contributed by atoms with Crippen molar-refractivity contribution in [2.45, 2.75) is 25.2 Å². The first-order valence-corrected chi connectivity index (χ1v) is 11.3. The van der Waals surface area contributed by atoms with Gasteiger partial charge in [0.15, 0.2) is 0 Å². The van der Waals surface area contributed by atoms with Gasteiger partial charge in [0.05, 0.1) is 17.2 Å². The van der Waals surface area contributed by atoms with E-state index in [9.17, 15) is 13.2 Å². The van der Waals surface area contributed by atoms with Gasteiger partial charge >= 0.3 is 0 Å². The van der Waals surface area contributed by atoms with Gasteiger partial charge in [-0.15, -0.1) is 0 Å². The average Bonchev–Trinajstić information content (AvgIpc) is 3.19. The molecule has 0 bridgehead atoms. The summed E-state index contributed by atoms with van der Waals surface area (Å²) < 4.78 is 23.2.